The van der Waals surface area contributed by atoms with Crippen LogP contribution in [0.2, 0.25) is 0 Å². The van der Waals surface area contributed by atoms with Crippen molar-refractivity contribution in [3.63, 3.8) is 0 Å². The largest absolute Gasteiger partial charge is 0.480 e. The van der Waals surface area contributed by atoms with Gasteiger partial charge in [-0.05, 0) is 44.1 Å². The number of rotatable bonds is 9. The Labute approximate surface area is 134 Å². The van der Waals surface area contributed by atoms with E-state index in [-0.39, 0.29) is 12.5 Å². The minimum atomic E-state index is -0.804. The van der Waals surface area contributed by atoms with Crippen molar-refractivity contribution in [2.45, 2.75) is 59.4 Å². The maximum atomic E-state index is 12.6. The molecule has 128 valence electrons. The molecule has 0 aromatic rings. The molecule has 0 spiro atoms. The van der Waals surface area contributed by atoms with E-state index in [1.54, 1.807) is 0 Å². The molecule has 22 heavy (non-hydrogen) atoms. The van der Waals surface area contributed by atoms with E-state index in [1.165, 1.54) is 0 Å². The normalized spacial score (nSPS) is 19.1. The predicted octanol–water partition coefficient (Wildman–Crippen LogP) is 2.46. The number of likely N-dealkylation sites (tertiary alicyclic amines) is 1. The van der Waals surface area contributed by atoms with E-state index in [9.17, 15) is 14.7 Å². The highest BCUT2D eigenvalue weighted by molar-refractivity contribution is 5.80. The van der Waals surface area contributed by atoms with Gasteiger partial charge in [0.05, 0.1) is 6.54 Å². The number of hydrogen-bond donors (Lipinski definition) is 1. The zero-order valence-electron chi connectivity index (χ0n) is 14.5. The zero-order chi connectivity index (χ0) is 16.7. The van der Waals surface area contributed by atoms with Gasteiger partial charge in [0.1, 0.15) is 6.04 Å². The molecular weight excluding hydrogens is 280 g/mol. The number of carboxylic acid groups (broad SMARTS) is 1. The second-order valence-electron chi connectivity index (χ2n) is 7.21. The molecule has 0 aliphatic carbocycles. The third-order valence-corrected chi connectivity index (χ3v) is 4.29. The Morgan fingerprint density at radius 2 is 1.68 bits per heavy atom. The van der Waals surface area contributed by atoms with Gasteiger partial charge in [0, 0.05) is 13.1 Å². The van der Waals surface area contributed by atoms with Crippen molar-refractivity contribution in [1.82, 2.24) is 9.80 Å². The molecule has 1 fully saturated rings. The second kappa shape index (κ2) is 9.13. The number of amides is 1. The van der Waals surface area contributed by atoms with E-state index < -0.39 is 12.0 Å². The topological polar surface area (TPSA) is 60.9 Å². The highest BCUT2D eigenvalue weighted by Crippen LogP contribution is 2.17. The molecule has 5 heteroatoms. The molecule has 1 aliphatic rings. The van der Waals surface area contributed by atoms with E-state index in [2.05, 4.69) is 27.7 Å². The summed E-state index contributed by atoms with van der Waals surface area (Å²) in [6.45, 7) is 11.1. The molecule has 0 aromatic heterocycles. The van der Waals surface area contributed by atoms with Crippen LogP contribution in [0.3, 0.4) is 0 Å². The molecule has 1 saturated heterocycles. The van der Waals surface area contributed by atoms with E-state index >= 15 is 0 Å². The molecule has 0 aromatic carbocycles. The molecular formula is C17H32N2O3. The minimum Gasteiger partial charge on any atom is -0.480 e. The SMILES string of the molecule is CC(C)CCN(CCC(C)C)C(=O)CN1CCCC1C(=O)O. The third-order valence-electron chi connectivity index (χ3n) is 4.29. The van der Waals surface area contributed by atoms with Crippen LogP contribution in [0.1, 0.15) is 53.4 Å². The van der Waals surface area contributed by atoms with Gasteiger partial charge >= 0.3 is 5.97 Å². The molecule has 1 heterocycles. The minimum absolute atomic E-state index is 0.0782. The summed E-state index contributed by atoms with van der Waals surface area (Å²) < 4.78 is 0. The number of hydrogen-bond acceptors (Lipinski definition) is 3. The number of aliphatic carboxylic acids is 1. The Morgan fingerprint density at radius 3 is 2.14 bits per heavy atom. The molecule has 0 saturated carbocycles. The number of carbonyl (C=O) groups is 2. The van der Waals surface area contributed by atoms with Gasteiger partial charge in [-0.3, -0.25) is 14.5 Å². The number of carboxylic acids is 1. The summed E-state index contributed by atoms with van der Waals surface area (Å²) in [5.74, 6) is 0.400. The van der Waals surface area contributed by atoms with Crippen LogP contribution in [0.25, 0.3) is 0 Å². The summed E-state index contributed by atoms with van der Waals surface area (Å²) in [6, 6.07) is -0.485. The van der Waals surface area contributed by atoms with Gasteiger partial charge in [-0.2, -0.15) is 0 Å². The van der Waals surface area contributed by atoms with Crippen LogP contribution in [-0.4, -0.2) is 59.0 Å². The first-order valence-corrected chi connectivity index (χ1v) is 8.55. The first-order valence-electron chi connectivity index (χ1n) is 8.55. The van der Waals surface area contributed by atoms with Crippen LogP contribution in [0.15, 0.2) is 0 Å². The standard InChI is InChI=1S/C17H32N2O3/c1-13(2)7-10-18(11-8-14(3)4)16(20)12-19-9-5-6-15(19)17(21)22/h13-15H,5-12H2,1-4H3,(H,21,22). The van der Waals surface area contributed by atoms with Crippen molar-refractivity contribution in [2.24, 2.45) is 11.8 Å². The zero-order valence-corrected chi connectivity index (χ0v) is 14.5. The van der Waals surface area contributed by atoms with Gasteiger partial charge in [-0.15, -0.1) is 0 Å². The van der Waals surface area contributed by atoms with Crippen molar-refractivity contribution in [3.8, 4) is 0 Å². The van der Waals surface area contributed by atoms with Gasteiger partial charge in [-0.1, -0.05) is 27.7 Å². The van der Waals surface area contributed by atoms with Crippen molar-refractivity contribution in [3.05, 3.63) is 0 Å². The lowest BCUT2D eigenvalue weighted by atomic mass is 10.1. The Bertz CT molecular complexity index is 357. The summed E-state index contributed by atoms with van der Waals surface area (Å²) in [7, 11) is 0. The van der Waals surface area contributed by atoms with Crippen molar-refractivity contribution >= 4 is 11.9 Å². The molecule has 0 radical (unpaired) electrons. The third kappa shape index (κ3) is 6.34. The van der Waals surface area contributed by atoms with Crippen molar-refractivity contribution < 1.29 is 14.7 Å². The number of carbonyl (C=O) groups excluding carboxylic acids is 1. The Balaban J connectivity index is 2.59. The van der Waals surface area contributed by atoms with Crippen LogP contribution in [0.5, 0.6) is 0 Å². The fourth-order valence-corrected chi connectivity index (χ4v) is 2.76. The first kappa shape index (κ1) is 18.9. The maximum Gasteiger partial charge on any atom is 0.320 e. The lowest BCUT2D eigenvalue weighted by Gasteiger charge is -2.28. The molecule has 0 bridgehead atoms. The Morgan fingerprint density at radius 1 is 1.14 bits per heavy atom. The molecule has 1 unspecified atom stereocenters. The number of nitrogens with zero attached hydrogens (tertiary/aromatic N) is 2. The highest BCUT2D eigenvalue weighted by Gasteiger charge is 2.32. The highest BCUT2D eigenvalue weighted by atomic mass is 16.4. The van der Waals surface area contributed by atoms with Gasteiger partial charge in [0.25, 0.3) is 0 Å². The smallest absolute Gasteiger partial charge is 0.320 e. The fraction of sp³-hybridized carbons (Fsp3) is 0.882. The molecule has 1 aliphatic heterocycles. The molecule has 1 atom stereocenters. The molecule has 5 nitrogen and oxygen atoms in total. The average molecular weight is 312 g/mol. The van der Waals surface area contributed by atoms with Gasteiger partial charge in [0.2, 0.25) is 5.91 Å². The van der Waals surface area contributed by atoms with Crippen LogP contribution in [0.4, 0.5) is 0 Å². The summed E-state index contributed by atoms with van der Waals surface area (Å²) >= 11 is 0. The van der Waals surface area contributed by atoms with Crippen LogP contribution in [-0.2, 0) is 9.59 Å². The second-order valence-corrected chi connectivity index (χ2v) is 7.21. The van der Waals surface area contributed by atoms with E-state index in [0.29, 0.717) is 24.8 Å². The van der Waals surface area contributed by atoms with Crippen molar-refractivity contribution in [1.29, 1.82) is 0 Å². The average Bonchev–Trinajstić information content (AvgIpc) is 2.86. The molecule has 1 rings (SSSR count). The predicted molar refractivity (Wildman–Crippen MR) is 87.7 cm³/mol. The van der Waals surface area contributed by atoms with Gasteiger partial charge in [-0.25, -0.2) is 0 Å². The lowest BCUT2D eigenvalue weighted by molar-refractivity contribution is -0.143. The summed E-state index contributed by atoms with van der Waals surface area (Å²) in [5, 5.41) is 9.22. The Hall–Kier alpha value is -1.10. The lowest BCUT2D eigenvalue weighted by Crippen LogP contribution is -2.45. The van der Waals surface area contributed by atoms with E-state index in [1.807, 2.05) is 9.80 Å². The summed E-state index contributed by atoms with van der Waals surface area (Å²) in [4.78, 5) is 27.6. The fourth-order valence-electron chi connectivity index (χ4n) is 2.76. The Kier molecular flexibility index (Phi) is 7.87. The van der Waals surface area contributed by atoms with Gasteiger partial charge < -0.3 is 10.0 Å². The quantitative estimate of drug-likeness (QED) is 0.710. The first-order chi connectivity index (χ1) is 10.3. The van der Waals surface area contributed by atoms with Crippen LogP contribution < -0.4 is 0 Å². The van der Waals surface area contributed by atoms with E-state index in [4.69, 9.17) is 0 Å². The van der Waals surface area contributed by atoms with Gasteiger partial charge in [0.15, 0.2) is 0 Å². The molecule has 1 amide bonds. The van der Waals surface area contributed by atoms with Crippen LogP contribution >= 0.6 is 0 Å². The van der Waals surface area contributed by atoms with Crippen LogP contribution in [0, 0.1) is 11.8 Å². The summed E-state index contributed by atoms with van der Waals surface area (Å²) in [6.07, 6.45) is 3.50. The van der Waals surface area contributed by atoms with E-state index in [0.717, 1.165) is 32.4 Å². The maximum absolute atomic E-state index is 12.6. The summed E-state index contributed by atoms with van der Waals surface area (Å²) in [5.41, 5.74) is 0. The monoisotopic (exact) mass is 312 g/mol. The van der Waals surface area contributed by atoms with Crippen molar-refractivity contribution in [2.75, 3.05) is 26.2 Å². The molecule has 1 N–H and O–H groups in total.